The Kier molecular flexibility index (Phi) is 9.37. The molecular formula is C21H32BrNO4S. The Morgan fingerprint density at radius 3 is 2.25 bits per heavy atom. The van der Waals surface area contributed by atoms with E-state index in [0.717, 1.165) is 5.56 Å². The minimum Gasteiger partial charge on any atom is -0.457 e. The first kappa shape index (κ1) is 24.9. The largest absolute Gasteiger partial charge is 0.457 e. The number of aryl methyl sites for hydroxylation is 1. The van der Waals surface area contributed by atoms with E-state index in [9.17, 15) is 13.2 Å². The maximum atomic E-state index is 13.3. The molecule has 0 aromatic heterocycles. The summed E-state index contributed by atoms with van der Waals surface area (Å²) in [5.41, 5.74) is 0.452. The number of hydrogen-bond acceptors (Lipinski definition) is 4. The third-order valence-corrected chi connectivity index (χ3v) is 6.70. The standard InChI is InChI=1S/C21H32BrNO4S/c1-16(2)19(15-22)23(14-8-7-9-20(24)27-21(4,5)6)28(25,26)18-12-10-17(3)11-13-18/h7,9-13,16,19H,8,14-15H2,1-6H3/b9-7-/t19-/m1/s1. The van der Waals surface area contributed by atoms with Gasteiger partial charge in [0, 0.05) is 24.0 Å². The van der Waals surface area contributed by atoms with Gasteiger partial charge in [0.2, 0.25) is 10.0 Å². The van der Waals surface area contributed by atoms with Gasteiger partial charge in [0.1, 0.15) is 5.60 Å². The fourth-order valence-electron chi connectivity index (χ4n) is 2.61. The number of rotatable bonds is 9. The molecule has 0 aliphatic carbocycles. The highest BCUT2D eigenvalue weighted by Crippen LogP contribution is 2.24. The molecule has 0 saturated carbocycles. The molecule has 0 bridgehead atoms. The molecule has 1 aromatic rings. The smallest absolute Gasteiger partial charge is 0.330 e. The average Bonchev–Trinajstić information content (AvgIpc) is 2.56. The van der Waals surface area contributed by atoms with Crippen molar-refractivity contribution in [1.29, 1.82) is 0 Å². The maximum absolute atomic E-state index is 13.3. The van der Waals surface area contributed by atoms with Gasteiger partial charge in [-0.1, -0.05) is 53.5 Å². The van der Waals surface area contributed by atoms with Crippen molar-refractivity contribution in [3.63, 3.8) is 0 Å². The van der Waals surface area contributed by atoms with Crippen LogP contribution in [0.4, 0.5) is 0 Å². The van der Waals surface area contributed by atoms with E-state index in [1.807, 2.05) is 20.8 Å². The molecule has 0 N–H and O–H groups in total. The number of hydrogen-bond donors (Lipinski definition) is 0. The van der Waals surface area contributed by atoms with E-state index in [-0.39, 0.29) is 23.4 Å². The lowest BCUT2D eigenvalue weighted by Crippen LogP contribution is -2.44. The molecule has 28 heavy (non-hydrogen) atoms. The molecular weight excluding hydrogens is 442 g/mol. The topological polar surface area (TPSA) is 63.7 Å². The summed E-state index contributed by atoms with van der Waals surface area (Å²) in [6.07, 6.45) is 3.44. The van der Waals surface area contributed by atoms with Gasteiger partial charge in [-0.05, 0) is 52.2 Å². The van der Waals surface area contributed by atoms with Gasteiger partial charge in [0.05, 0.1) is 4.90 Å². The number of carbonyl (C=O) groups excluding carboxylic acids is 1. The van der Waals surface area contributed by atoms with Crippen molar-refractivity contribution in [2.75, 3.05) is 11.9 Å². The Labute approximate surface area is 178 Å². The van der Waals surface area contributed by atoms with Crippen molar-refractivity contribution < 1.29 is 17.9 Å². The van der Waals surface area contributed by atoms with Crippen LogP contribution >= 0.6 is 15.9 Å². The van der Waals surface area contributed by atoms with E-state index in [4.69, 9.17) is 4.74 Å². The minimum absolute atomic E-state index is 0.134. The predicted molar refractivity (Wildman–Crippen MR) is 117 cm³/mol. The number of esters is 1. The molecule has 0 spiro atoms. The van der Waals surface area contributed by atoms with Gasteiger partial charge < -0.3 is 4.74 Å². The molecule has 0 radical (unpaired) electrons. The molecule has 0 amide bonds. The zero-order chi connectivity index (χ0) is 21.5. The zero-order valence-corrected chi connectivity index (χ0v) is 20.0. The van der Waals surface area contributed by atoms with Crippen molar-refractivity contribution in [2.45, 2.75) is 64.5 Å². The molecule has 158 valence electrons. The van der Waals surface area contributed by atoms with E-state index >= 15 is 0 Å². The average molecular weight is 474 g/mol. The molecule has 0 aliphatic rings. The van der Waals surface area contributed by atoms with Crippen LogP contribution in [0, 0.1) is 12.8 Å². The van der Waals surface area contributed by atoms with Crippen molar-refractivity contribution in [1.82, 2.24) is 4.31 Å². The lowest BCUT2D eigenvalue weighted by atomic mass is 10.1. The lowest BCUT2D eigenvalue weighted by molar-refractivity contribution is -0.148. The van der Waals surface area contributed by atoms with E-state index in [1.54, 1.807) is 51.1 Å². The Bertz CT molecular complexity index is 765. The number of ether oxygens (including phenoxy) is 1. The second kappa shape index (κ2) is 10.6. The number of sulfonamides is 1. The van der Waals surface area contributed by atoms with Crippen molar-refractivity contribution in [2.24, 2.45) is 5.92 Å². The number of benzene rings is 1. The van der Waals surface area contributed by atoms with Crippen molar-refractivity contribution in [3.8, 4) is 0 Å². The summed E-state index contributed by atoms with van der Waals surface area (Å²) in [5.74, 6) is -0.296. The molecule has 0 unspecified atom stereocenters. The summed E-state index contributed by atoms with van der Waals surface area (Å²) in [7, 11) is -3.65. The predicted octanol–water partition coefficient (Wildman–Crippen LogP) is 4.69. The van der Waals surface area contributed by atoms with E-state index in [1.165, 1.54) is 10.4 Å². The fraction of sp³-hybridized carbons (Fsp3) is 0.571. The van der Waals surface area contributed by atoms with Crippen LogP contribution in [0.2, 0.25) is 0 Å². The van der Waals surface area contributed by atoms with Crippen molar-refractivity contribution in [3.05, 3.63) is 42.0 Å². The summed E-state index contributed by atoms with van der Waals surface area (Å²) in [6, 6.07) is 6.68. The first-order valence-electron chi connectivity index (χ1n) is 9.42. The summed E-state index contributed by atoms with van der Waals surface area (Å²) in [5, 5.41) is 0.533. The summed E-state index contributed by atoms with van der Waals surface area (Å²) >= 11 is 3.46. The van der Waals surface area contributed by atoms with Gasteiger partial charge in [0.15, 0.2) is 0 Å². The van der Waals surface area contributed by atoms with E-state index < -0.39 is 21.6 Å². The molecule has 1 aromatic carbocycles. The minimum atomic E-state index is -3.65. The third kappa shape index (κ3) is 7.68. The fourth-order valence-corrected chi connectivity index (χ4v) is 5.67. The molecule has 5 nitrogen and oxygen atoms in total. The van der Waals surface area contributed by atoms with Gasteiger partial charge in [0.25, 0.3) is 0 Å². The van der Waals surface area contributed by atoms with Gasteiger partial charge in [-0.25, -0.2) is 13.2 Å². The summed E-state index contributed by atoms with van der Waals surface area (Å²) in [4.78, 5) is 12.1. The second-order valence-corrected chi connectivity index (χ2v) is 10.7. The van der Waals surface area contributed by atoms with Crippen LogP contribution in [0.3, 0.4) is 0 Å². The number of alkyl halides is 1. The van der Waals surface area contributed by atoms with Crippen LogP contribution in [0.5, 0.6) is 0 Å². The Morgan fingerprint density at radius 2 is 1.79 bits per heavy atom. The number of carbonyl (C=O) groups is 1. The van der Waals surface area contributed by atoms with Crippen molar-refractivity contribution >= 4 is 31.9 Å². The highest BCUT2D eigenvalue weighted by molar-refractivity contribution is 9.09. The molecule has 0 aliphatic heterocycles. The lowest BCUT2D eigenvalue weighted by Gasteiger charge is -2.32. The van der Waals surface area contributed by atoms with Crippen LogP contribution in [-0.2, 0) is 19.6 Å². The van der Waals surface area contributed by atoms with Crippen LogP contribution in [0.25, 0.3) is 0 Å². The number of halogens is 1. The summed E-state index contributed by atoms with van der Waals surface area (Å²) in [6.45, 7) is 11.6. The van der Waals surface area contributed by atoms with Gasteiger partial charge in [-0.2, -0.15) is 4.31 Å². The van der Waals surface area contributed by atoms with Crippen LogP contribution in [-0.4, -0.2) is 42.2 Å². The highest BCUT2D eigenvalue weighted by Gasteiger charge is 2.32. The SMILES string of the molecule is Cc1ccc(S(=O)(=O)N(CC/C=C\C(=O)OC(C)(C)C)[C@H](CBr)C(C)C)cc1. The molecule has 1 rings (SSSR count). The van der Waals surface area contributed by atoms with Crippen LogP contribution in [0.15, 0.2) is 41.3 Å². The first-order chi connectivity index (χ1) is 12.9. The third-order valence-electron chi connectivity index (χ3n) is 4.10. The Morgan fingerprint density at radius 1 is 1.21 bits per heavy atom. The molecule has 0 saturated heterocycles. The Hall–Kier alpha value is -1.18. The molecule has 0 fully saturated rings. The summed E-state index contributed by atoms with van der Waals surface area (Å²) < 4.78 is 33.3. The molecule has 1 atom stereocenters. The highest BCUT2D eigenvalue weighted by atomic mass is 79.9. The normalized spacial score (nSPS) is 14.0. The van der Waals surface area contributed by atoms with Crippen LogP contribution in [0.1, 0.15) is 46.6 Å². The van der Waals surface area contributed by atoms with Gasteiger partial charge in [-0.3, -0.25) is 0 Å². The van der Waals surface area contributed by atoms with E-state index in [0.29, 0.717) is 11.8 Å². The quantitative estimate of drug-likeness (QED) is 0.296. The van der Waals surface area contributed by atoms with E-state index in [2.05, 4.69) is 15.9 Å². The molecule has 0 heterocycles. The monoisotopic (exact) mass is 473 g/mol. The van der Waals surface area contributed by atoms with Crippen LogP contribution < -0.4 is 0 Å². The van der Waals surface area contributed by atoms with Gasteiger partial charge >= 0.3 is 5.97 Å². The molecule has 7 heteroatoms. The Balaban J connectivity index is 3.01. The maximum Gasteiger partial charge on any atom is 0.330 e. The number of nitrogens with zero attached hydrogens (tertiary/aromatic N) is 1. The van der Waals surface area contributed by atoms with Gasteiger partial charge in [-0.15, -0.1) is 0 Å². The second-order valence-electron chi connectivity index (χ2n) is 8.12. The first-order valence-corrected chi connectivity index (χ1v) is 12.0. The zero-order valence-electron chi connectivity index (χ0n) is 17.6.